The van der Waals surface area contributed by atoms with Crippen LogP contribution in [0, 0.1) is 9.52 Å². The number of hydrogen-bond donors (Lipinski definition) is 0. The second-order valence-electron chi connectivity index (χ2n) is 2.50. The zero-order valence-electron chi connectivity index (χ0n) is 6.09. The summed E-state index contributed by atoms with van der Waals surface area (Å²) in [7, 11) is 0. The molecule has 60 valence electrons. The Morgan fingerprint density at radius 3 is 2.83 bits per heavy atom. The molecule has 1 aromatic carbocycles. The molecule has 0 aliphatic carbocycles. The number of pyridine rings is 1. The fourth-order valence-electron chi connectivity index (χ4n) is 1.08. The van der Waals surface area contributed by atoms with Crippen LogP contribution >= 0.6 is 22.6 Å². The summed E-state index contributed by atoms with van der Waals surface area (Å²) in [6.07, 6.45) is 1.54. The van der Waals surface area contributed by atoms with E-state index < -0.39 is 5.95 Å². The largest absolute Gasteiger partial charge is 0.228 e. The van der Waals surface area contributed by atoms with E-state index in [0.29, 0.717) is 0 Å². The molecule has 0 atom stereocenters. The van der Waals surface area contributed by atoms with Crippen LogP contribution in [0.2, 0.25) is 0 Å². The number of benzene rings is 1. The summed E-state index contributed by atoms with van der Waals surface area (Å²) >= 11 is 2.20. The van der Waals surface area contributed by atoms with Gasteiger partial charge < -0.3 is 0 Å². The van der Waals surface area contributed by atoms with E-state index in [0.717, 1.165) is 14.3 Å². The van der Waals surface area contributed by atoms with Gasteiger partial charge in [0.1, 0.15) is 0 Å². The number of rotatable bonds is 0. The van der Waals surface area contributed by atoms with Crippen molar-refractivity contribution in [2.45, 2.75) is 0 Å². The van der Waals surface area contributed by atoms with Gasteiger partial charge in [-0.3, -0.25) is 0 Å². The van der Waals surface area contributed by atoms with Crippen LogP contribution in [0.1, 0.15) is 0 Å². The van der Waals surface area contributed by atoms with Crippen molar-refractivity contribution in [1.29, 1.82) is 0 Å². The fraction of sp³-hybridized carbons (Fsp3) is 0. The molecule has 2 aromatic rings. The second-order valence-corrected chi connectivity index (χ2v) is 3.74. The summed E-state index contributed by atoms with van der Waals surface area (Å²) in [5.74, 6) is -0.426. The zero-order valence-corrected chi connectivity index (χ0v) is 8.25. The summed E-state index contributed by atoms with van der Waals surface area (Å²) in [6, 6.07) is 7.28. The SMILES string of the molecule is Fc1cc2cc(I)ccc2cn1. The third kappa shape index (κ3) is 1.41. The molecule has 3 heteroatoms. The highest BCUT2D eigenvalue weighted by Crippen LogP contribution is 2.16. The van der Waals surface area contributed by atoms with Gasteiger partial charge in [0.05, 0.1) is 0 Å². The van der Waals surface area contributed by atoms with Gasteiger partial charge in [-0.15, -0.1) is 0 Å². The number of halogens is 2. The Labute approximate surface area is 82.8 Å². The normalized spacial score (nSPS) is 10.5. The first-order valence-corrected chi connectivity index (χ1v) is 4.54. The van der Waals surface area contributed by atoms with Gasteiger partial charge in [0.2, 0.25) is 5.95 Å². The molecule has 0 fully saturated rings. The Morgan fingerprint density at radius 1 is 1.17 bits per heavy atom. The first kappa shape index (κ1) is 7.91. The van der Waals surface area contributed by atoms with Crippen LogP contribution in [0.15, 0.2) is 30.5 Å². The van der Waals surface area contributed by atoms with Crippen molar-refractivity contribution >= 4 is 33.4 Å². The van der Waals surface area contributed by atoms with Gasteiger partial charge in [0, 0.05) is 21.2 Å². The van der Waals surface area contributed by atoms with E-state index in [1.807, 2.05) is 18.2 Å². The third-order valence-electron chi connectivity index (χ3n) is 1.65. The summed E-state index contributed by atoms with van der Waals surface area (Å²) in [5, 5.41) is 1.87. The van der Waals surface area contributed by atoms with Crippen LogP contribution in [0.5, 0.6) is 0 Å². The third-order valence-corrected chi connectivity index (χ3v) is 2.32. The minimum absolute atomic E-state index is 0.426. The average Bonchev–Trinajstić information content (AvgIpc) is 2.03. The minimum atomic E-state index is -0.426. The molecule has 0 amide bonds. The standard InChI is InChI=1S/C9H5FIN/c10-9-4-7-3-8(11)2-1-6(7)5-12-9/h1-5H. The fourth-order valence-corrected chi connectivity index (χ4v) is 1.60. The van der Waals surface area contributed by atoms with E-state index >= 15 is 0 Å². The predicted molar refractivity (Wildman–Crippen MR) is 54.4 cm³/mol. The van der Waals surface area contributed by atoms with Crippen LogP contribution in [0.3, 0.4) is 0 Å². The molecule has 0 bridgehead atoms. The summed E-state index contributed by atoms with van der Waals surface area (Å²) in [6.45, 7) is 0. The quantitative estimate of drug-likeness (QED) is 0.531. The van der Waals surface area contributed by atoms with E-state index in [9.17, 15) is 4.39 Å². The molecule has 1 heterocycles. The Bertz CT molecular complexity index is 391. The molecular weight excluding hydrogens is 268 g/mol. The first-order chi connectivity index (χ1) is 5.75. The van der Waals surface area contributed by atoms with Crippen LogP contribution < -0.4 is 0 Å². The molecule has 0 saturated carbocycles. The molecule has 0 spiro atoms. The lowest BCUT2D eigenvalue weighted by Gasteiger charge is -1.96. The van der Waals surface area contributed by atoms with Crippen molar-refractivity contribution in [2.24, 2.45) is 0 Å². The molecule has 0 radical (unpaired) electrons. The summed E-state index contributed by atoms with van der Waals surface area (Å²) in [4.78, 5) is 3.57. The maximum atomic E-state index is 12.7. The molecule has 12 heavy (non-hydrogen) atoms. The molecule has 2 rings (SSSR count). The Balaban J connectivity index is 2.80. The van der Waals surface area contributed by atoms with E-state index in [2.05, 4.69) is 27.6 Å². The highest BCUT2D eigenvalue weighted by molar-refractivity contribution is 14.1. The number of fused-ring (bicyclic) bond motifs is 1. The van der Waals surface area contributed by atoms with Crippen molar-refractivity contribution < 1.29 is 4.39 Å². The van der Waals surface area contributed by atoms with Crippen molar-refractivity contribution in [3.8, 4) is 0 Å². The van der Waals surface area contributed by atoms with Crippen LogP contribution in [-0.2, 0) is 0 Å². The lowest BCUT2D eigenvalue weighted by Crippen LogP contribution is -1.82. The molecule has 1 aromatic heterocycles. The highest BCUT2D eigenvalue weighted by atomic mass is 127. The highest BCUT2D eigenvalue weighted by Gasteiger charge is 1.96. The van der Waals surface area contributed by atoms with Gasteiger partial charge in [-0.05, 0) is 40.1 Å². The maximum absolute atomic E-state index is 12.7. The first-order valence-electron chi connectivity index (χ1n) is 3.46. The van der Waals surface area contributed by atoms with Crippen molar-refractivity contribution in [2.75, 3.05) is 0 Å². The van der Waals surface area contributed by atoms with Gasteiger partial charge in [0.15, 0.2) is 0 Å². The predicted octanol–water partition coefficient (Wildman–Crippen LogP) is 2.98. The molecular formula is C9H5FIN. The number of aromatic nitrogens is 1. The minimum Gasteiger partial charge on any atom is -0.228 e. The molecule has 0 unspecified atom stereocenters. The Hall–Kier alpha value is -0.710. The van der Waals surface area contributed by atoms with Crippen molar-refractivity contribution in [3.63, 3.8) is 0 Å². The maximum Gasteiger partial charge on any atom is 0.213 e. The number of nitrogens with zero attached hydrogens (tertiary/aromatic N) is 1. The monoisotopic (exact) mass is 273 g/mol. The molecule has 0 aliphatic rings. The van der Waals surface area contributed by atoms with Crippen LogP contribution in [0.4, 0.5) is 4.39 Å². The molecule has 0 aliphatic heterocycles. The van der Waals surface area contributed by atoms with E-state index in [1.165, 1.54) is 6.07 Å². The van der Waals surface area contributed by atoms with Crippen LogP contribution in [0.25, 0.3) is 10.8 Å². The van der Waals surface area contributed by atoms with E-state index in [1.54, 1.807) is 6.20 Å². The molecule has 0 saturated heterocycles. The van der Waals surface area contributed by atoms with Gasteiger partial charge >= 0.3 is 0 Å². The van der Waals surface area contributed by atoms with Crippen molar-refractivity contribution in [1.82, 2.24) is 4.98 Å². The summed E-state index contributed by atoms with van der Waals surface area (Å²) in [5.41, 5.74) is 0. The van der Waals surface area contributed by atoms with Gasteiger partial charge in [-0.25, -0.2) is 4.98 Å². The average molecular weight is 273 g/mol. The lowest BCUT2D eigenvalue weighted by atomic mass is 10.2. The van der Waals surface area contributed by atoms with Gasteiger partial charge in [-0.1, -0.05) is 6.07 Å². The van der Waals surface area contributed by atoms with E-state index in [4.69, 9.17) is 0 Å². The van der Waals surface area contributed by atoms with E-state index in [-0.39, 0.29) is 0 Å². The Morgan fingerprint density at radius 2 is 2.00 bits per heavy atom. The second kappa shape index (κ2) is 2.97. The zero-order chi connectivity index (χ0) is 8.55. The van der Waals surface area contributed by atoms with Gasteiger partial charge in [0.25, 0.3) is 0 Å². The smallest absolute Gasteiger partial charge is 0.213 e. The molecule has 0 N–H and O–H groups in total. The van der Waals surface area contributed by atoms with Crippen molar-refractivity contribution in [3.05, 3.63) is 40.0 Å². The number of hydrogen-bond acceptors (Lipinski definition) is 1. The lowest BCUT2D eigenvalue weighted by molar-refractivity contribution is 0.586. The van der Waals surface area contributed by atoms with Gasteiger partial charge in [-0.2, -0.15) is 4.39 Å². The molecule has 1 nitrogen and oxygen atoms in total. The summed E-state index contributed by atoms with van der Waals surface area (Å²) < 4.78 is 13.8. The van der Waals surface area contributed by atoms with Crippen LogP contribution in [-0.4, -0.2) is 4.98 Å². The Kier molecular flexibility index (Phi) is 1.96. The topological polar surface area (TPSA) is 12.9 Å².